The summed E-state index contributed by atoms with van der Waals surface area (Å²) in [4.78, 5) is 14.5. The van der Waals surface area contributed by atoms with Gasteiger partial charge in [0, 0.05) is 18.2 Å². The van der Waals surface area contributed by atoms with E-state index in [-0.39, 0.29) is 11.5 Å². The Balaban J connectivity index is 1.91. The normalized spacial score (nSPS) is 11.2. The van der Waals surface area contributed by atoms with Crippen LogP contribution in [0, 0.1) is 15.3 Å². The number of non-ortho nitro benzene ring substituents is 1. The first-order valence-corrected chi connectivity index (χ1v) is 8.57. The third kappa shape index (κ3) is 4.17. The summed E-state index contributed by atoms with van der Waals surface area (Å²) in [5, 5.41) is 23.6. The number of nitro groups is 1. The highest BCUT2D eigenvalue weighted by molar-refractivity contribution is 5.67. The third-order valence-corrected chi connectivity index (χ3v) is 4.23. The molecular formula is C21H19N3O3. The van der Waals surface area contributed by atoms with Crippen molar-refractivity contribution in [1.29, 1.82) is 0 Å². The second kappa shape index (κ2) is 7.78. The molecule has 136 valence electrons. The fourth-order valence-electron chi connectivity index (χ4n) is 2.67. The standard InChI is InChI=1S/C21H19N3O3/c1-15(2)17-9-6-16(7-10-17)8-11-19-12-13-22-21(23(19)25)18-4-3-5-20(14-18)24(26)27/h3-15H,1-2H3/b11-8+. The lowest BCUT2D eigenvalue weighted by atomic mass is 10.0. The largest absolute Gasteiger partial charge is 0.710 e. The van der Waals surface area contributed by atoms with E-state index in [2.05, 4.69) is 31.0 Å². The van der Waals surface area contributed by atoms with Gasteiger partial charge in [-0.1, -0.05) is 50.3 Å². The van der Waals surface area contributed by atoms with Crippen molar-refractivity contribution >= 4 is 17.8 Å². The minimum atomic E-state index is -0.497. The SMILES string of the molecule is CC(C)c1ccc(/C=C/c2ccnc(-c3cccc([N+](=O)[O-])c3)[n+]2[O-])cc1. The zero-order valence-corrected chi connectivity index (χ0v) is 15.1. The number of rotatable bonds is 5. The van der Waals surface area contributed by atoms with Crippen LogP contribution in [0.2, 0.25) is 0 Å². The van der Waals surface area contributed by atoms with Gasteiger partial charge in [0.1, 0.15) is 11.9 Å². The van der Waals surface area contributed by atoms with Gasteiger partial charge in [-0.15, -0.1) is 0 Å². The third-order valence-electron chi connectivity index (χ3n) is 4.23. The molecule has 3 aromatic rings. The summed E-state index contributed by atoms with van der Waals surface area (Å²) in [6.07, 6.45) is 5.08. The first-order valence-electron chi connectivity index (χ1n) is 8.57. The fourth-order valence-corrected chi connectivity index (χ4v) is 2.67. The number of aromatic nitrogens is 2. The molecule has 0 N–H and O–H groups in total. The predicted octanol–water partition coefficient (Wildman–Crippen LogP) is 4.58. The lowest BCUT2D eigenvalue weighted by Gasteiger charge is -2.09. The Bertz CT molecular complexity index is 996. The Morgan fingerprint density at radius 3 is 2.48 bits per heavy atom. The van der Waals surface area contributed by atoms with Crippen molar-refractivity contribution in [3.63, 3.8) is 0 Å². The molecule has 0 bridgehead atoms. The van der Waals surface area contributed by atoms with Crippen molar-refractivity contribution in [3.8, 4) is 11.4 Å². The molecule has 0 radical (unpaired) electrons. The molecule has 0 amide bonds. The van der Waals surface area contributed by atoms with Gasteiger partial charge in [-0.3, -0.25) is 10.1 Å². The highest BCUT2D eigenvalue weighted by Crippen LogP contribution is 2.20. The van der Waals surface area contributed by atoms with Gasteiger partial charge in [0.2, 0.25) is 0 Å². The molecule has 0 atom stereocenters. The van der Waals surface area contributed by atoms with E-state index >= 15 is 0 Å². The Morgan fingerprint density at radius 2 is 1.81 bits per heavy atom. The second-order valence-corrected chi connectivity index (χ2v) is 6.45. The fraction of sp³-hybridized carbons (Fsp3) is 0.143. The van der Waals surface area contributed by atoms with Crippen LogP contribution in [0.15, 0.2) is 60.8 Å². The number of benzene rings is 2. The van der Waals surface area contributed by atoms with Crippen molar-refractivity contribution in [1.82, 2.24) is 4.98 Å². The van der Waals surface area contributed by atoms with Crippen LogP contribution in [-0.2, 0) is 0 Å². The highest BCUT2D eigenvalue weighted by atomic mass is 16.6. The summed E-state index contributed by atoms with van der Waals surface area (Å²) in [6.45, 7) is 4.27. The molecule has 1 aromatic heterocycles. The molecule has 0 aliphatic carbocycles. The maximum atomic E-state index is 12.6. The molecule has 6 heteroatoms. The molecular weight excluding hydrogens is 342 g/mol. The maximum Gasteiger partial charge on any atom is 0.333 e. The van der Waals surface area contributed by atoms with Gasteiger partial charge in [-0.2, -0.15) is 0 Å². The number of hydrogen-bond donors (Lipinski definition) is 0. The minimum absolute atomic E-state index is 0.0829. The monoisotopic (exact) mass is 361 g/mol. The number of hydrogen-bond acceptors (Lipinski definition) is 4. The van der Waals surface area contributed by atoms with E-state index in [0.717, 1.165) is 5.56 Å². The van der Waals surface area contributed by atoms with Gasteiger partial charge in [-0.25, -0.2) is 4.73 Å². The Morgan fingerprint density at radius 1 is 1.07 bits per heavy atom. The van der Waals surface area contributed by atoms with Crippen molar-refractivity contribution < 1.29 is 9.65 Å². The van der Waals surface area contributed by atoms with E-state index < -0.39 is 4.92 Å². The zero-order chi connectivity index (χ0) is 19.4. The summed E-state index contributed by atoms with van der Waals surface area (Å²) in [7, 11) is 0. The average molecular weight is 361 g/mol. The summed E-state index contributed by atoms with van der Waals surface area (Å²) in [5.41, 5.74) is 2.95. The molecule has 0 saturated carbocycles. The molecule has 0 spiro atoms. The zero-order valence-electron chi connectivity index (χ0n) is 15.1. The Hall–Kier alpha value is -3.54. The second-order valence-electron chi connectivity index (χ2n) is 6.45. The van der Waals surface area contributed by atoms with Crippen molar-refractivity contribution in [3.05, 3.63) is 92.9 Å². The van der Waals surface area contributed by atoms with Gasteiger partial charge in [0.25, 0.3) is 5.69 Å². The highest BCUT2D eigenvalue weighted by Gasteiger charge is 2.16. The van der Waals surface area contributed by atoms with E-state index in [4.69, 9.17) is 0 Å². The van der Waals surface area contributed by atoms with Gasteiger partial charge in [0.05, 0.1) is 10.5 Å². The van der Waals surface area contributed by atoms with E-state index in [1.165, 1.54) is 30.0 Å². The van der Waals surface area contributed by atoms with Gasteiger partial charge in [-0.05, 0) is 34.2 Å². The van der Waals surface area contributed by atoms with Gasteiger partial charge in [0.15, 0.2) is 0 Å². The lowest BCUT2D eigenvalue weighted by Crippen LogP contribution is -2.33. The first-order chi connectivity index (χ1) is 13.0. The van der Waals surface area contributed by atoms with Crippen LogP contribution in [-0.4, -0.2) is 9.91 Å². The molecule has 0 unspecified atom stereocenters. The van der Waals surface area contributed by atoms with Crippen molar-refractivity contribution in [2.45, 2.75) is 19.8 Å². The molecule has 3 rings (SSSR count). The minimum Gasteiger partial charge on any atom is -0.710 e. The quantitative estimate of drug-likeness (QED) is 0.288. The summed E-state index contributed by atoms with van der Waals surface area (Å²) < 4.78 is 0.679. The average Bonchev–Trinajstić information content (AvgIpc) is 2.67. The molecule has 0 saturated heterocycles. The topological polar surface area (TPSA) is 83.0 Å². The van der Waals surface area contributed by atoms with Crippen molar-refractivity contribution in [2.75, 3.05) is 0 Å². The lowest BCUT2D eigenvalue weighted by molar-refractivity contribution is -0.598. The van der Waals surface area contributed by atoms with Crippen LogP contribution in [0.4, 0.5) is 5.69 Å². The van der Waals surface area contributed by atoms with E-state index in [9.17, 15) is 15.3 Å². The van der Waals surface area contributed by atoms with E-state index in [1.807, 2.05) is 18.2 Å². The van der Waals surface area contributed by atoms with Gasteiger partial charge < -0.3 is 5.21 Å². The molecule has 1 heterocycles. The smallest absolute Gasteiger partial charge is 0.333 e. The van der Waals surface area contributed by atoms with Crippen LogP contribution in [0.3, 0.4) is 0 Å². The maximum absolute atomic E-state index is 12.6. The molecule has 6 nitrogen and oxygen atoms in total. The molecule has 0 aliphatic heterocycles. The summed E-state index contributed by atoms with van der Waals surface area (Å²) in [5.74, 6) is 0.584. The van der Waals surface area contributed by atoms with Crippen LogP contribution in [0.5, 0.6) is 0 Å². The summed E-state index contributed by atoms with van der Waals surface area (Å²) >= 11 is 0. The first kappa shape index (κ1) is 18.3. The van der Waals surface area contributed by atoms with Crippen LogP contribution < -0.4 is 4.73 Å². The molecule has 2 aromatic carbocycles. The van der Waals surface area contributed by atoms with Gasteiger partial charge >= 0.3 is 5.82 Å². The predicted molar refractivity (Wildman–Crippen MR) is 105 cm³/mol. The Labute approximate surface area is 157 Å². The van der Waals surface area contributed by atoms with Crippen molar-refractivity contribution in [2.24, 2.45) is 0 Å². The van der Waals surface area contributed by atoms with E-state index in [1.54, 1.807) is 18.2 Å². The van der Waals surface area contributed by atoms with Crippen LogP contribution >= 0.6 is 0 Å². The molecule has 27 heavy (non-hydrogen) atoms. The molecule has 0 fully saturated rings. The van der Waals surface area contributed by atoms with Crippen LogP contribution in [0.1, 0.15) is 36.6 Å². The number of nitrogens with zero attached hydrogens (tertiary/aromatic N) is 3. The van der Waals surface area contributed by atoms with Crippen LogP contribution in [0.25, 0.3) is 23.5 Å². The van der Waals surface area contributed by atoms with E-state index in [0.29, 0.717) is 21.9 Å². The summed E-state index contributed by atoms with van der Waals surface area (Å²) in [6, 6.07) is 15.6. The molecule has 0 aliphatic rings. The Kier molecular flexibility index (Phi) is 5.26. The number of nitro benzene ring substituents is 1.